The number of halogens is 5. The van der Waals surface area contributed by atoms with Crippen molar-refractivity contribution in [2.75, 3.05) is 0 Å². The van der Waals surface area contributed by atoms with Crippen molar-refractivity contribution in [2.24, 2.45) is 5.10 Å². The zero-order chi connectivity index (χ0) is 17.0. The van der Waals surface area contributed by atoms with Crippen molar-refractivity contribution >= 4 is 35.3 Å². The maximum atomic E-state index is 12.5. The molecule has 4 nitrogen and oxygen atoms in total. The predicted octanol–water partition coefficient (Wildman–Crippen LogP) is 4.17. The molecule has 0 unspecified atom stereocenters. The number of hydrogen-bond acceptors (Lipinski definition) is 3. The molecule has 1 N–H and O–H groups in total. The number of aromatic nitrogens is 1. The minimum atomic E-state index is -4.58. The molecule has 0 aliphatic carbocycles. The monoisotopic (exact) mass is 361 g/mol. The van der Waals surface area contributed by atoms with Crippen LogP contribution in [0.3, 0.4) is 0 Å². The second-order valence-electron chi connectivity index (χ2n) is 4.30. The van der Waals surface area contributed by atoms with Gasteiger partial charge in [0.1, 0.15) is 5.69 Å². The van der Waals surface area contributed by atoms with Gasteiger partial charge in [0.15, 0.2) is 0 Å². The van der Waals surface area contributed by atoms with Crippen LogP contribution in [0.2, 0.25) is 10.0 Å². The number of rotatable bonds is 3. The summed E-state index contributed by atoms with van der Waals surface area (Å²) >= 11 is 11.4. The molecule has 0 aliphatic rings. The van der Waals surface area contributed by atoms with Gasteiger partial charge in [-0.1, -0.05) is 35.3 Å². The van der Waals surface area contributed by atoms with Gasteiger partial charge in [0.05, 0.1) is 16.8 Å². The molecule has 0 spiro atoms. The van der Waals surface area contributed by atoms with E-state index in [-0.39, 0.29) is 5.69 Å². The van der Waals surface area contributed by atoms with Crippen molar-refractivity contribution in [1.82, 2.24) is 10.4 Å². The molecular weight excluding hydrogens is 354 g/mol. The summed E-state index contributed by atoms with van der Waals surface area (Å²) < 4.78 is 37.5. The molecular formula is C14H8Cl2F3N3O. The van der Waals surface area contributed by atoms with E-state index in [1.165, 1.54) is 6.21 Å². The summed E-state index contributed by atoms with van der Waals surface area (Å²) in [5.41, 5.74) is 1.41. The lowest BCUT2D eigenvalue weighted by atomic mass is 10.2. The molecule has 1 heterocycles. The number of benzene rings is 1. The number of nitrogens with zero attached hydrogens (tertiary/aromatic N) is 2. The zero-order valence-corrected chi connectivity index (χ0v) is 12.7. The fourth-order valence-corrected chi connectivity index (χ4v) is 1.91. The Bertz CT molecular complexity index is 746. The van der Waals surface area contributed by atoms with Gasteiger partial charge in [0.25, 0.3) is 5.91 Å². The van der Waals surface area contributed by atoms with Crippen LogP contribution in [0, 0.1) is 0 Å². The molecule has 9 heteroatoms. The second kappa shape index (κ2) is 6.97. The molecule has 23 heavy (non-hydrogen) atoms. The number of pyridine rings is 1. The van der Waals surface area contributed by atoms with Crippen molar-refractivity contribution in [1.29, 1.82) is 0 Å². The number of hydrogen-bond donors (Lipinski definition) is 1. The summed E-state index contributed by atoms with van der Waals surface area (Å²) in [4.78, 5) is 15.2. The Hall–Kier alpha value is -2.12. The molecule has 0 saturated carbocycles. The lowest BCUT2D eigenvalue weighted by Crippen LogP contribution is -2.20. The Balaban J connectivity index is 2.07. The Labute approximate surface area is 138 Å². The molecule has 2 aromatic rings. The van der Waals surface area contributed by atoms with Crippen molar-refractivity contribution in [3.05, 3.63) is 63.4 Å². The van der Waals surface area contributed by atoms with Crippen LogP contribution in [0.4, 0.5) is 13.2 Å². The molecule has 120 valence electrons. The number of nitrogens with one attached hydrogen (secondary N) is 1. The molecule has 1 aromatic carbocycles. The van der Waals surface area contributed by atoms with Gasteiger partial charge in [0, 0.05) is 11.2 Å². The van der Waals surface area contributed by atoms with Crippen LogP contribution in [0.5, 0.6) is 0 Å². The van der Waals surface area contributed by atoms with Crippen LogP contribution in [0.25, 0.3) is 0 Å². The zero-order valence-electron chi connectivity index (χ0n) is 11.2. The lowest BCUT2D eigenvalue weighted by Gasteiger charge is -2.08. The first kappa shape index (κ1) is 17.2. The maximum absolute atomic E-state index is 12.5. The van der Waals surface area contributed by atoms with Crippen LogP contribution in [-0.4, -0.2) is 17.1 Å². The third-order valence-electron chi connectivity index (χ3n) is 2.63. The van der Waals surface area contributed by atoms with Crippen LogP contribution in [0.15, 0.2) is 41.6 Å². The SMILES string of the molecule is O=C(N/N=C/c1ccc(Cl)cc1)c1ncc(C(F)(F)F)cc1Cl. The number of carbonyl (C=O) groups is 1. The number of amides is 1. The van der Waals surface area contributed by atoms with Gasteiger partial charge >= 0.3 is 6.18 Å². The molecule has 0 radical (unpaired) electrons. The molecule has 0 fully saturated rings. The summed E-state index contributed by atoms with van der Waals surface area (Å²) in [7, 11) is 0. The van der Waals surface area contributed by atoms with Gasteiger partial charge in [0.2, 0.25) is 0 Å². The Morgan fingerprint density at radius 1 is 1.22 bits per heavy atom. The summed E-state index contributed by atoms with van der Waals surface area (Å²) in [6.07, 6.45) is -2.71. The molecule has 1 aromatic heterocycles. The predicted molar refractivity (Wildman–Crippen MR) is 80.8 cm³/mol. The first-order valence-electron chi connectivity index (χ1n) is 6.09. The highest BCUT2D eigenvalue weighted by Crippen LogP contribution is 2.30. The summed E-state index contributed by atoms with van der Waals surface area (Å²) in [6.45, 7) is 0. The van der Waals surface area contributed by atoms with Crippen LogP contribution in [0.1, 0.15) is 21.6 Å². The molecule has 0 saturated heterocycles. The van der Waals surface area contributed by atoms with Crippen molar-refractivity contribution < 1.29 is 18.0 Å². The van der Waals surface area contributed by atoms with E-state index in [2.05, 4.69) is 15.5 Å². The first-order valence-corrected chi connectivity index (χ1v) is 6.84. The average Bonchev–Trinajstić information content (AvgIpc) is 2.48. The van der Waals surface area contributed by atoms with E-state index in [9.17, 15) is 18.0 Å². The Kier molecular flexibility index (Phi) is 5.23. The molecule has 0 aliphatic heterocycles. The van der Waals surface area contributed by atoms with E-state index in [4.69, 9.17) is 23.2 Å². The first-order chi connectivity index (χ1) is 10.8. The Morgan fingerprint density at radius 2 is 1.87 bits per heavy atom. The minimum absolute atomic E-state index is 0.354. The van der Waals surface area contributed by atoms with Crippen LogP contribution in [-0.2, 0) is 6.18 Å². The third-order valence-corrected chi connectivity index (χ3v) is 3.17. The van der Waals surface area contributed by atoms with Gasteiger partial charge in [-0.15, -0.1) is 0 Å². The van der Waals surface area contributed by atoms with E-state index < -0.39 is 22.7 Å². The number of carbonyl (C=O) groups excluding carboxylic acids is 1. The summed E-state index contributed by atoms with van der Waals surface area (Å²) in [6, 6.07) is 7.24. The molecule has 0 atom stereocenters. The number of hydrazone groups is 1. The molecule has 0 bridgehead atoms. The summed E-state index contributed by atoms with van der Waals surface area (Å²) in [5.74, 6) is -0.825. The summed E-state index contributed by atoms with van der Waals surface area (Å²) in [5, 5.41) is 3.80. The highest BCUT2D eigenvalue weighted by atomic mass is 35.5. The van der Waals surface area contributed by atoms with Gasteiger partial charge in [-0.2, -0.15) is 18.3 Å². The topological polar surface area (TPSA) is 54.4 Å². The smallest absolute Gasteiger partial charge is 0.265 e. The average molecular weight is 362 g/mol. The second-order valence-corrected chi connectivity index (χ2v) is 5.15. The van der Waals surface area contributed by atoms with E-state index in [0.717, 1.165) is 0 Å². The standard InChI is InChI=1S/C14H8Cl2F3N3O/c15-10-3-1-8(2-4-10)6-21-22-13(23)12-11(16)5-9(7-20-12)14(17,18)19/h1-7H,(H,22,23)/b21-6+. The highest BCUT2D eigenvalue weighted by Gasteiger charge is 2.32. The minimum Gasteiger partial charge on any atom is -0.265 e. The fourth-order valence-electron chi connectivity index (χ4n) is 1.53. The maximum Gasteiger partial charge on any atom is 0.417 e. The molecule has 2 rings (SSSR count). The van der Waals surface area contributed by atoms with Crippen molar-refractivity contribution in [2.45, 2.75) is 6.18 Å². The van der Waals surface area contributed by atoms with E-state index in [1.807, 2.05) is 0 Å². The fraction of sp³-hybridized carbons (Fsp3) is 0.0714. The highest BCUT2D eigenvalue weighted by molar-refractivity contribution is 6.33. The van der Waals surface area contributed by atoms with Gasteiger partial charge in [-0.25, -0.2) is 10.4 Å². The quantitative estimate of drug-likeness (QED) is 0.658. The van der Waals surface area contributed by atoms with Crippen molar-refractivity contribution in [3.8, 4) is 0 Å². The van der Waals surface area contributed by atoms with Crippen molar-refractivity contribution in [3.63, 3.8) is 0 Å². The van der Waals surface area contributed by atoms with Crippen LogP contribution < -0.4 is 5.43 Å². The largest absolute Gasteiger partial charge is 0.417 e. The van der Waals surface area contributed by atoms with E-state index in [1.54, 1.807) is 24.3 Å². The van der Waals surface area contributed by atoms with Crippen LogP contribution >= 0.6 is 23.2 Å². The normalized spacial score (nSPS) is 11.7. The van der Waals surface area contributed by atoms with E-state index in [0.29, 0.717) is 22.8 Å². The molecule has 1 amide bonds. The number of alkyl halides is 3. The van der Waals surface area contributed by atoms with E-state index >= 15 is 0 Å². The van der Waals surface area contributed by atoms with Gasteiger partial charge in [-0.3, -0.25) is 4.79 Å². The van der Waals surface area contributed by atoms with Gasteiger partial charge in [-0.05, 0) is 23.8 Å². The van der Waals surface area contributed by atoms with Gasteiger partial charge < -0.3 is 0 Å². The Morgan fingerprint density at radius 3 is 2.43 bits per heavy atom. The lowest BCUT2D eigenvalue weighted by molar-refractivity contribution is -0.137. The third kappa shape index (κ3) is 4.67.